The van der Waals surface area contributed by atoms with Gasteiger partial charge in [-0.15, -0.1) is 0 Å². The Morgan fingerprint density at radius 1 is 1.10 bits per heavy atom. The Balaban J connectivity index is 1.76. The highest BCUT2D eigenvalue weighted by Crippen LogP contribution is 2.09. The van der Waals surface area contributed by atoms with Gasteiger partial charge in [-0.2, -0.15) is 0 Å². The van der Waals surface area contributed by atoms with Gasteiger partial charge in [-0.3, -0.25) is 0 Å². The van der Waals surface area contributed by atoms with Gasteiger partial charge in [0.15, 0.2) is 0 Å². The number of anilines is 1. The molecule has 2 amide bonds. The van der Waals surface area contributed by atoms with Gasteiger partial charge >= 0.3 is 6.03 Å². The Bertz CT molecular complexity index is 596. The van der Waals surface area contributed by atoms with Gasteiger partial charge in [-0.25, -0.2) is 9.18 Å². The molecule has 2 aromatic carbocycles. The van der Waals surface area contributed by atoms with Crippen molar-refractivity contribution in [3.8, 4) is 0 Å². The van der Waals surface area contributed by atoms with E-state index in [9.17, 15) is 9.18 Å². The van der Waals surface area contributed by atoms with Crippen LogP contribution in [-0.2, 0) is 12.8 Å². The standard InChI is InChI=1S/C17H19FN2O/c1-2-13-6-8-16(9-7-13)20-17(21)19-11-10-14-4-3-5-15(18)12-14/h3-9,12H,2,10-11H2,1H3,(H2,19,20,21). The smallest absolute Gasteiger partial charge is 0.319 e. The van der Waals surface area contributed by atoms with Crippen LogP contribution in [0, 0.1) is 5.82 Å². The van der Waals surface area contributed by atoms with Crippen molar-refractivity contribution >= 4 is 11.7 Å². The number of urea groups is 1. The summed E-state index contributed by atoms with van der Waals surface area (Å²) in [7, 11) is 0. The molecule has 0 aliphatic carbocycles. The van der Waals surface area contributed by atoms with Gasteiger partial charge in [-0.1, -0.05) is 31.2 Å². The molecule has 21 heavy (non-hydrogen) atoms. The number of hydrogen-bond donors (Lipinski definition) is 2. The number of aryl methyl sites for hydroxylation is 1. The summed E-state index contributed by atoms with van der Waals surface area (Å²) in [5, 5.41) is 5.52. The van der Waals surface area contributed by atoms with Crippen LogP contribution in [0.4, 0.5) is 14.9 Å². The molecule has 2 N–H and O–H groups in total. The summed E-state index contributed by atoms with van der Waals surface area (Å²) in [5.74, 6) is -0.257. The SMILES string of the molecule is CCc1ccc(NC(=O)NCCc2cccc(F)c2)cc1. The predicted molar refractivity (Wildman–Crippen MR) is 82.9 cm³/mol. The van der Waals surface area contributed by atoms with Crippen molar-refractivity contribution in [2.75, 3.05) is 11.9 Å². The molecule has 3 nitrogen and oxygen atoms in total. The molecule has 110 valence electrons. The third-order valence-corrected chi connectivity index (χ3v) is 3.21. The molecule has 0 radical (unpaired) electrons. The Kier molecular flexibility index (Phi) is 5.32. The van der Waals surface area contributed by atoms with Crippen molar-refractivity contribution < 1.29 is 9.18 Å². The molecule has 0 heterocycles. The van der Waals surface area contributed by atoms with Crippen LogP contribution in [0.1, 0.15) is 18.1 Å². The van der Waals surface area contributed by atoms with Crippen molar-refractivity contribution in [3.05, 3.63) is 65.5 Å². The summed E-state index contributed by atoms with van der Waals surface area (Å²) in [4.78, 5) is 11.7. The van der Waals surface area contributed by atoms with Crippen LogP contribution in [0.2, 0.25) is 0 Å². The Morgan fingerprint density at radius 2 is 1.86 bits per heavy atom. The number of carbonyl (C=O) groups is 1. The fourth-order valence-electron chi connectivity index (χ4n) is 2.01. The number of hydrogen-bond acceptors (Lipinski definition) is 1. The van der Waals surface area contributed by atoms with E-state index in [1.54, 1.807) is 6.07 Å². The molecule has 0 saturated carbocycles. The summed E-state index contributed by atoms with van der Waals surface area (Å²) in [6.45, 7) is 2.55. The molecule has 0 unspecified atom stereocenters. The zero-order valence-corrected chi connectivity index (χ0v) is 12.0. The van der Waals surface area contributed by atoms with E-state index in [0.717, 1.165) is 17.7 Å². The highest BCUT2D eigenvalue weighted by molar-refractivity contribution is 5.89. The summed E-state index contributed by atoms with van der Waals surface area (Å²) in [6, 6.07) is 13.9. The molecule has 0 saturated heterocycles. The average molecular weight is 286 g/mol. The van der Waals surface area contributed by atoms with Gasteiger partial charge in [-0.05, 0) is 48.2 Å². The number of rotatable bonds is 5. The van der Waals surface area contributed by atoms with E-state index in [1.807, 2.05) is 30.3 Å². The second-order valence-electron chi connectivity index (χ2n) is 4.81. The number of carbonyl (C=O) groups excluding carboxylic acids is 1. The molecule has 4 heteroatoms. The van der Waals surface area contributed by atoms with Gasteiger partial charge in [0.05, 0.1) is 0 Å². The second-order valence-corrected chi connectivity index (χ2v) is 4.81. The van der Waals surface area contributed by atoms with Crippen LogP contribution in [0.25, 0.3) is 0 Å². The zero-order chi connectivity index (χ0) is 15.1. The lowest BCUT2D eigenvalue weighted by Gasteiger charge is -2.08. The third kappa shape index (κ3) is 4.91. The fourth-order valence-corrected chi connectivity index (χ4v) is 2.01. The van der Waals surface area contributed by atoms with Crippen molar-refractivity contribution in [1.29, 1.82) is 0 Å². The molecular weight excluding hydrogens is 267 g/mol. The van der Waals surface area contributed by atoms with Gasteiger partial charge in [0.1, 0.15) is 5.82 Å². The monoisotopic (exact) mass is 286 g/mol. The van der Waals surface area contributed by atoms with Crippen LogP contribution < -0.4 is 10.6 Å². The molecule has 0 fully saturated rings. The summed E-state index contributed by atoms with van der Waals surface area (Å²) in [6.07, 6.45) is 1.57. The average Bonchev–Trinajstić information content (AvgIpc) is 2.48. The first-order valence-electron chi connectivity index (χ1n) is 7.05. The lowest BCUT2D eigenvalue weighted by molar-refractivity contribution is 0.252. The van der Waals surface area contributed by atoms with Crippen molar-refractivity contribution in [2.45, 2.75) is 19.8 Å². The largest absolute Gasteiger partial charge is 0.338 e. The molecule has 2 aromatic rings. The van der Waals surface area contributed by atoms with E-state index in [2.05, 4.69) is 17.6 Å². The minimum atomic E-state index is -0.257. The molecule has 0 aromatic heterocycles. The van der Waals surface area contributed by atoms with Crippen molar-refractivity contribution in [1.82, 2.24) is 5.32 Å². The van der Waals surface area contributed by atoms with E-state index in [-0.39, 0.29) is 11.8 Å². The highest BCUT2D eigenvalue weighted by Gasteiger charge is 2.02. The van der Waals surface area contributed by atoms with Crippen LogP contribution in [0.15, 0.2) is 48.5 Å². The second kappa shape index (κ2) is 7.43. The lowest BCUT2D eigenvalue weighted by atomic mass is 10.1. The summed E-state index contributed by atoms with van der Waals surface area (Å²) >= 11 is 0. The van der Waals surface area contributed by atoms with Crippen molar-refractivity contribution in [2.24, 2.45) is 0 Å². The Labute approximate surface area is 124 Å². The quantitative estimate of drug-likeness (QED) is 0.863. The molecule has 0 bridgehead atoms. The summed E-state index contributed by atoms with van der Waals surface area (Å²) < 4.78 is 13.0. The summed E-state index contributed by atoms with van der Waals surface area (Å²) in [5.41, 5.74) is 2.85. The maximum absolute atomic E-state index is 13.0. The molecular formula is C17H19FN2O. The number of nitrogens with one attached hydrogen (secondary N) is 2. The molecule has 2 rings (SSSR count). The molecule has 0 spiro atoms. The minimum absolute atomic E-state index is 0.254. The van der Waals surface area contributed by atoms with Gasteiger partial charge in [0.25, 0.3) is 0 Å². The molecule has 0 atom stereocenters. The minimum Gasteiger partial charge on any atom is -0.338 e. The lowest BCUT2D eigenvalue weighted by Crippen LogP contribution is -2.30. The maximum Gasteiger partial charge on any atom is 0.319 e. The first-order chi connectivity index (χ1) is 10.2. The van der Waals surface area contributed by atoms with E-state index >= 15 is 0 Å². The van der Waals surface area contributed by atoms with Gasteiger partial charge in [0, 0.05) is 12.2 Å². The first-order valence-corrected chi connectivity index (χ1v) is 7.05. The Hall–Kier alpha value is -2.36. The molecule has 0 aliphatic heterocycles. The van der Waals surface area contributed by atoms with Crippen LogP contribution in [0.5, 0.6) is 0 Å². The number of amides is 2. The maximum atomic E-state index is 13.0. The van der Waals surface area contributed by atoms with Crippen LogP contribution in [0.3, 0.4) is 0 Å². The molecule has 0 aliphatic rings. The zero-order valence-electron chi connectivity index (χ0n) is 12.0. The normalized spacial score (nSPS) is 10.2. The number of benzene rings is 2. The topological polar surface area (TPSA) is 41.1 Å². The highest BCUT2D eigenvalue weighted by atomic mass is 19.1. The van der Waals surface area contributed by atoms with Gasteiger partial charge in [0.2, 0.25) is 0 Å². The predicted octanol–water partition coefficient (Wildman–Crippen LogP) is 3.75. The van der Waals surface area contributed by atoms with Crippen LogP contribution in [-0.4, -0.2) is 12.6 Å². The van der Waals surface area contributed by atoms with E-state index in [1.165, 1.54) is 17.7 Å². The van der Waals surface area contributed by atoms with E-state index < -0.39 is 0 Å². The Morgan fingerprint density at radius 3 is 2.52 bits per heavy atom. The van der Waals surface area contributed by atoms with E-state index in [4.69, 9.17) is 0 Å². The van der Waals surface area contributed by atoms with Crippen molar-refractivity contribution in [3.63, 3.8) is 0 Å². The fraction of sp³-hybridized carbons (Fsp3) is 0.235. The van der Waals surface area contributed by atoms with Gasteiger partial charge < -0.3 is 10.6 Å². The van der Waals surface area contributed by atoms with Crippen LogP contribution >= 0.6 is 0 Å². The first kappa shape index (κ1) is 15.0. The third-order valence-electron chi connectivity index (χ3n) is 3.21. The van der Waals surface area contributed by atoms with E-state index in [0.29, 0.717) is 13.0 Å². The number of halogens is 1.